The van der Waals surface area contributed by atoms with Crippen molar-refractivity contribution in [1.29, 1.82) is 0 Å². The van der Waals surface area contributed by atoms with Gasteiger partial charge >= 0.3 is 4.87 Å². The number of nitrogens with one attached hydrogen (secondary N) is 1. The van der Waals surface area contributed by atoms with Gasteiger partial charge < -0.3 is 4.90 Å². The quantitative estimate of drug-likeness (QED) is 0.756. The average Bonchev–Trinajstić information content (AvgIpc) is 2.99. The zero-order valence-corrected chi connectivity index (χ0v) is 17.1. The summed E-state index contributed by atoms with van der Waals surface area (Å²) in [4.78, 5) is 26.6. The number of thiazole rings is 1. The number of benzene rings is 1. The van der Waals surface area contributed by atoms with Crippen LogP contribution in [0.4, 0.5) is 0 Å². The molecule has 1 aliphatic heterocycles. The van der Waals surface area contributed by atoms with Crippen LogP contribution in [0.5, 0.6) is 0 Å². The molecule has 1 aromatic carbocycles. The first-order valence-corrected chi connectivity index (χ1v) is 11.6. The van der Waals surface area contributed by atoms with Crippen molar-refractivity contribution >= 4 is 37.5 Å². The maximum absolute atomic E-state index is 12.4. The topological polar surface area (TPSA) is 88.5 Å². The normalized spacial score (nSPS) is 15.4. The van der Waals surface area contributed by atoms with Crippen molar-refractivity contribution in [2.75, 3.05) is 19.6 Å². The first kappa shape index (κ1) is 20.0. The number of carbonyl (C=O) groups is 1. The molecule has 148 valence electrons. The van der Waals surface area contributed by atoms with Crippen LogP contribution in [0.15, 0.2) is 27.9 Å². The van der Waals surface area contributed by atoms with E-state index in [9.17, 15) is 18.0 Å². The molecule has 0 aliphatic carbocycles. The van der Waals surface area contributed by atoms with E-state index in [1.807, 2.05) is 11.8 Å². The Hall–Kier alpha value is -1.71. The molecule has 1 saturated heterocycles. The third kappa shape index (κ3) is 4.59. The lowest BCUT2D eigenvalue weighted by molar-refractivity contribution is -0.132. The highest BCUT2D eigenvalue weighted by Crippen LogP contribution is 2.22. The zero-order valence-electron chi connectivity index (χ0n) is 15.4. The van der Waals surface area contributed by atoms with Gasteiger partial charge in [0.25, 0.3) is 0 Å². The number of aromatic nitrogens is 1. The molecule has 0 spiro atoms. The van der Waals surface area contributed by atoms with E-state index >= 15 is 0 Å². The highest BCUT2D eigenvalue weighted by molar-refractivity contribution is 7.89. The molecule has 2 heterocycles. The third-order valence-corrected chi connectivity index (χ3v) is 7.15. The number of sulfonamides is 1. The Balaban J connectivity index is 1.78. The molecule has 1 N–H and O–H groups in total. The number of hydrogen-bond acceptors (Lipinski definition) is 5. The number of rotatable bonds is 7. The van der Waals surface area contributed by atoms with Crippen molar-refractivity contribution in [2.45, 2.75) is 50.5 Å². The SMILES string of the molecule is CCCNS(=O)(=O)c1ccc2c(c1)sc(=O)n2CCC(=O)N1CCCCC1. The van der Waals surface area contributed by atoms with Crippen molar-refractivity contribution in [3.63, 3.8) is 0 Å². The minimum absolute atomic E-state index is 0.0731. The van der Waals surface area contributed by atoms with Crippen LogP contribution in [0.1, 0.15) is 39.0 Å². The van der Waals surface area contributed by atoms with Gasteiger partial charge in [-0.3, -0.25) is 14.2 Å². The van der Waals surface area contributed by atoms with Crippen molar-refractivity contribution in [3.8, 4) is 0 Å². The Labute approximate surface area is 163 Å². The molecule has 2 aromatic rings. The summed E-state index contributed by atoms with van der Waals surface area (Å²) in [7, 11) is -3.57. The number of piperidine rings is 1. The molecule has 0 radical (unpaired) electrons. The summed E-state index contributed by atoms with van der Waals surface area (Å²) in [5.74, 6) is 0.0731. The molecule has 0 atom stereocenters. The Bertz CT molecular complexity index is 972. The summed E-state index contributed by atoms with van der Waals surface area (Å²) in [6, 6.07) is 4.69. The highest BCUT2D eigenvalue weighted by Gasteiger charge is 2.19. The van der Waals surface area contributed by atoms with E-state index in [0.29, 0.717) is 29.7 Å². The number of fused-ring (bicyclic) bond motifs is 1. The van der Waals surface area contributed by atoms with Crippen LogP contribution in [-0.2, 0) is 21.4 Å². The number of carbonyl (C=O) groups excluding carboxylic acids is 1. The van der Waals surface area contributed by atoms with Gasteiger partial charge in [0, 0.05) is 32.6 Å². The lowest BCUT2D eigenvalue weighted by Gasteiger charge is -2.26. The number of aryl methyl sites for hydroxylation is 1. The summed E-state index contributed by atoms with van der Waals surface area (Å²) >= 11 is 1.01. The molecule has 7 nitrogen and oxygen atoms in total. The smallest absolute Gasteiger partial charge is 0.308 e. The van der Waals surface area contributed by atoms with Gasteiger partial charge in [0.15, 0.2) is 0 Å². The standard InChI is InChI=1S/C18H25N3O4S2/c1-2-9-19-27(24,25)14-6-7-15-16(13-14)26-18(23)21(15)12-8-17(22)20-10-4-3-5-11-20/h6-7,13,19H,2-5,8-12H2,1H3. The van der Waals surface area contributed by atoms with Crippen molar-refractivity contribution in [2.24, 2.45) is 0 Å². The van der Waals surface area contributed by atoms with Gasteiger partial charge in [-0.2, -0.15) is 0 Å². The number of amides is 1. The molecule has 0 bridgehead atoms. The van der Waals surface area contributed by atoms with Crippen LogP contribution in [0.3, 0.4) is 0 Å². The van der Waals surface area contributed by atoms with E-state index in [1.54, 1.807) is 10.6 Å². The first-order valence-electron chi connectivity index (χ1n) is 9.33. The van der Waals surface area contributed by atoms with Gasteiger partial charge in [0.05, 0.1) is 15.1 Å². The van der Waals surface area contributed by atoms with Crippen molar-refractivity contribution in [1.82, 2.24) is 14.2 Å². The number of likely N-dealkylation sites (tertiary alicyclic amines) is 1. The zero-order chi connectivity index (χ0) is 19.4. The van der Waals surface area contributed by atoms with E-state index in [4.69, 9.17) is 0 Å². The Morgan fingerprint density at radius 1 is 1.22 bits per heavy atom. The van der Waals surface area contributed by atoms with E-state index in [2.05, 4.69) is 4.72 Å². The molecule has 1 aromatic heterocycles. The van der Waals surface area contributed by atoms with E-state index < -0.39 is 10.0 Å². The third-order valence-electron chi connectivity index (χ3n) is 4.75. The summed E-state index contributed by atoms with van der Waals surface area (Å²) in [6.07, 6.45) is 4.23. The van der Waals surface area contributed by atoms with Crippen molar-refractivity contribution in [3.05, 3.63) is 27.9 Å². The molecule has 0 unspecified atom stereocenters. The number of hydrogen-bond donors (Lipinski definition) is 1. The predicted molar refractivity (Wildman–Crippen MR) is 107 cm³/mol. The van der Waals surface area contributed by atoms with E-state index in [1.165, 1.54) is 12.1 Å². The van der Waals surface area contributed by atoms with Crippen LogP contribution in [0, 0.1) is 0 Å². The average molecular weight is 412 g/mol. The van der Waals surface area contributed by atoms with E-state index in [-0.39, 0.29) is 22.1 Å². The van der Waals surface area contributed by atoms with Gasteiger partial charge in [0.1, 0.15) is 0 Å². The van der Waals surface area contributed by atoms with Crippen LogP contribution in [0.25, 0.3) is 10.2 Å². The summed E-state index contributed by atoms with van der Waals surface area (Å²) in [5, 5.41) is 0. The Morgan fingerprint density at radius 2 is 1.96 bits per heavy atom. The number of nitrogens with zero attached hydrogens (tertiary/aromatic N) is 2. The minimum atomic E-state index is -3.57. The summed E-state index contributed by atoms with van der Waals surface area (Å²) in [5.41, 5.74) is 0.672. The molecule has 1 fully saturated rings. The fourth-order valence-electron chi connectivity index (χ4n) is 3.25. The second-order valence-corrected chi connectivity index (χ2v) is 9.50. The van der Waals surface area contributed by atoms with Gasteiger partial charge in [-0.05, 0) is 43.9 Å². The van der Waals surface area contributed by atoms with Crippen molar-refractivity contribution < 1.29 is 13.2 Å². The molecule has 3 rings (SSSR count). The fraction of sp³-hybridized carbons (Fsp3) is 0.556. The van der Waals surface area contributed by atoms with Crippen LogP contribution in [0.2, 0.25) is 0 Å². The van der Waals surface area contributed by atoms with Crippen LogP contribution in [-0.4, -0.2) is 43.4 Å². The molecule has 0 saturated carbocycles. The first-order chi connectivity index (χ1) is 12.9. The second-order valence-electron chi connectivity index (χ2n) is 6.74. The van der Waals surface area contributed by atoms with Gasteiger partial charge in [-0.15, -0.1) is 0 Å². The largest absolute Gasteiger partial charge is 0.343 e. The summed E-state index contributed by atoms with van der Waals surface area (Å²) in [6.45, 7) is 4.17. The monoisotopic (exact) mass is 411 g/mol. The van der Waals surface area contributed by atoms with Crippen LogP contribution < -0.4 is 9.60 Å². The molecular weight excluding hydrogens is 386 g/mol. The molecule has 27 heavy (non-hydrogen) atoms. The van der Waals surface area contributed by atoms with Gasteiger partial charge in [0.2, 0.25) is 15.9 Å². The fourth-order valence-corrected chi connectivity index (χ4v) is 5.45. The minimum Gasteiger partial charge on any atom is -0.343 e. The molecular formula is C18H25N3O4S2. The predicted octanol–water partition coefficient (Wildman–Crippen LogP) is 2.15. The van der Waals surface area contributed by atoms with Gasteiger partial charge in [-0.1, -0.05) is 18.3 Å². The Kier molecular flexibility index (Phi) is 6.33. The second kappa shape index (κ2) is 8.53. The highest BCUT2D eigenvalue weighted by atomic mass is 32.2. The summed E-state index contributed by atoms with van der Waals surface area (Å²) < 4.78 is 29.3. The lowest BCUT2D eigenvalue weighted by Crippen LogP contribution is -2.36. The maximum atomic E-state index is 12.4. The lowest BCUT2D eigenvalue weighted by atomic mass is 10.1. The molecule has 1 amide bonds. The van der Waals surface area contributed by atoms with E-state index in [0.717, 1.165) is 43.7 Å². The van der Waals surface area contributed by atoms with Crippen LogP contribution >= 0.6 is 11.3 Å². The maximum Gasteiger partial charge on any atom is 0.308 e. The molecule has 9 heteroatoms. The van der Waals surface area contributed by atoms with Gasteiger partial charge in [-0.25, -0.2) is 13.1 Å². The Morgan fingerprint density at radius 3 is 2.67 bits per heavy atom. The molecule has 1 aliphatic rings.